The molecule has 0 bridgehead atoms. The van der Waals surface area contributed by atoms with Gasteiger partial charge < -0.3 is 10.1 Å². The van der Waals surface area contributed by atoms with Crippen molar-refractivity contribution >= 4 is 11.9 Å². The molecule has 30 heavy (non-hydrogen) atoms. The van der Waals surface area contributed by atoms with Crippen molar-refractivity contribution in [2.75, 3.05) is 7.11 Å². The van der Waals surface area contributed by atoms with Gasteiger partial charge in [0.2, 0.25) is 0 Å². The summed E-state index contributed by atoms with van der Waals surface area (Å²) in [6, 6.07) is 14.3. The molecule has 1 amide bonds. The Labute approximate surface area is 170 Å². The van der Waals surface area contributed by atoms with Crippen molar-refractivity contribution in [1.29, 1.82) is 0 Å². The molecule has 7 heteroatoms. The zero-order valence-electron chi connectivity index (χ0n) is 15.8. The molecule has 1 atom stereocenters. The van der Waals surface area contributed by atoms with Crippen molar-refractivity contribution in [1.82, 2.24) is 5.32 Å². The minimum absolute atomic E-state index is 0.408. The van der Waals surface area contributed by atoms with Gasteiger partial charge in [0.15, 0.2) is 0 Å². The second kappa shape index (κ2) is 7.67. The highest BCUT2D eigenvalue weighted by Gasteiger charge is 2.40. The lowest BCUT2D eigenvalue weighted by Gasteiger charge is -2.24. The fraction of sp³-hybridized carbons (Fsp3) is 0.130. The van der Waals surface area contributed by atoms with Crippen molar-refractivity contribution in [3.8, 4) is 11.1 Å². The highest BCUT2D eigenvalue weighted by Crippen LogP contribution is 2.46. The van der Waals surface area contributed by atoms with Crippen molar-refractivity contribution in [3.05, 3.63) is 94.8 Å². The molecule has 3 aromatic rings. The molecule has 0 fully saturated rings. The highest BCUT2D eigenvalue weighted by atomic mass is 19.1. The van der Waals surface area contributed by atoms with Crippen LogP contribution in [0.4, 0.5) is 13.2 Å². The number of amides is 1. The van der Waals surface area contributed by atoms with Gasteiger partial charge in [-0.05, 0) is 22.3 Å². The number of rotatable bonds is 4. The average Bonchev–Trinajstić information content (AvgIpc) is 3.05. The largest absolute Gasteiger partial charge is 0.467 e. The summed E-state index contributed by atoms with van der Waals surface area (Å²) >= 11 is 0. The second-order valence-electron chi connectivity index (χ2n) is 6.87. The number of nitrogens with one attached hydrogen (secondary N) is 1. The normalized spacial score (nSPS) is 13.3. The summed E-state index contributed by atoms with van der Waals surface area (Å²) in [7, 11) is 1.16. The zero-order chi connectivity index (χ0) is 21.4. The quantitative estimate of drug-likeness (QED) is 0.655. The zero-order valence-corrected chi connectivity index (χ0v) is 15.8. The van der Waals surface area contributed by atoms with Crippen LogP contribution in [0.3, 0.4) is 0 Å². The standard InChI is InChI=1S/C23H16F3NO3/c1-30-23(29)21(27-22(28)20-17(25)10-12(24)11-18(20)26)19-15-8-4-2-6-13(15)14-7-3-5-9-16(14)19/h2-11,19,21H,1H3,(H,27,28)/t21-/m0/s1. The van der Waals surface area contributed by atoms with Gasteiger partial charge in [0.25, 0.3) is 5.91 Å². The predicted octanol–water partition coefficient (Wildman–Crippen LogP) is 4.19. The smallest absolute Gasteiger partial charge is 0.329 e. The molecule has 0 saturated carbocycles. The Kier molecular flexibility index (Phi) is 5.03. The number of hydrogen-bond acceptors (Lipinski definition) is 3. The summed E-state index contributed by atoms with van der Waals surface area (Å²) in [6.07, 6.45) is 0. The average molecular weight is 411 g/mol. The lowest BCUT2D eigenvalue weighted by Crippen LogP contribution is -2.46. The number of fused-ring (bicyclic) bond motifs is 3. The molecular formula is C23H16F3NO3. The van der Waals surface area contributed by atoms with Gasteiger partial charge in [-0.25, -0.2) is 18.0 Å². The van der Waals surface area contributed by atoms with Gasteiger partial charge in [0, 0.05) is 18.1 Å². The molecule has 0 aromatic heterocycles. The summed E-state index contributed by atoms with van der Waals surface area (Å²) in [5.41, 5.74) is 2.36. The first-order valence-corrected chi connectivity index (χ1v) is 9.14. The van der Waals surface area contributed by atoms with Crippen LogP contribution in [0.2, 0.25) is 0 Å². The first kappa shape index (κ1) is 19.7. The number of benzene rings is 3. The van der Waals surface area contributed by atoms with Gasteiger partial charge in [-0.15, -0.1) is 0 Å². The minimum Gasteiger partial charge on any atom is -0.467 e. The van der Waals surface area contributed by atoms with Crippen molar-refractivity contribution in [2.45, 2.75) is 12.0 Å². The lowest BCUT2D eigenvalue weighted by atomic mass is 9.89. The SMILES string of the molecule is COC(=O)[C@@H](NC(=O)c1c(F)cc(F)cc1F)C1c2ccccc2-c2ccccc21. The molecule has 0 radical (unpaired) electrons. The summed E-state index contributed by atoms with van der Waals surface area (Å²) in [6.45, 7) is 0. The predicted molar refractivity (Wildman–Crippen MR) is 103 cm³/mol. The van der Waals surface area contributed by atoms with Crippen LogP contribution < -0.4 is 5.32 Å². The van der Waals surface area contributed by atoms with Gasteiger partial charge in [-0.2, -0.15) is 0 Å². The molecule has 3 aromatic carbocycles. The van der Waals surface area contributed by atoms with Crippen molar-refractivity contribution in [2.24, 2.45) is 0 Å². The van der Waals surface area contributed by atoms with Crippen LogP contribution in [0.25, 0.3) is 11.1 Å². The third-order valence-electron chi connectivity index (χ3n) is 5.19. The Morgan fingerprint density at radius 1 is 0.900 bits per heavy atom. The van der Waals surface area contributed by atoms with Crippen LogP contribution in [0.1, 0.15) is 27.4 Å². The van der Waals surface area contributed by atoms with E-state index in [1.807, 2.05) is 36.4 Å². The van der Waals surface area contributed by atoms with E-state index in [0.717, 1.165) is 29.4 Å². The van der Waals surface area contributed by atoms with Gasteiger partial charge in [-0.3, -0.25) is 4.79 Å². The van der Waals surface area contributed by atoms with E-state index in [-0.39, 0.29) is 0 Å². The van der Waals surface area contributed by atoms with Crippen LogP contribution in [0, 0.1) is 17.5 Å². The molecule has 1 aliphatic carbocycles. The number of carbonyl (C=O) groups is 2. The van der Waals surface area contributed by atoms with Gasteiger partial charge in [-0.1, -0.05) is 48.5 Å². The molecule has 152 valence electrons. The highest BCUT2D eigenvalue weighted by molar-refractivity contribution is 5.98. The molecule has 0 heterocycles. The minimum atomic E-state index is -1.36. The third-order valence-corrected chi connectivity index (χ3v) is 5.19. The first-order chi connectivity index (χ1) is 14.4. The summed E-state index contributed by atoms with van der Waals surface area (Å²) in [4.78, 5) is 25.3. The summed E-state index contributed by atoms with van der Waals surface area (Å²) in [5.74, 6) is -6.45. The van der Waals surface area contributed by atoms with Gasteiger partial charge >= 0.3 is 5.97 Å². The van der Waals surface area contributed by atoms with Crippen LogP contribution in [-0.2, 0) is 9.53 Å². The number of esters is 1. The van der Waals surface area contributed by atoms with E-state index in [9.17, 15) is 22.8 Å². The Morgan fingerprint density at radius 3 is 1.90 bits per heavy atom. The molecule has 4 rings (SSSR count). The Morgan fingerprint density at radius 2 is 1.40 bits per heavy atom. The van der Waals surface area contributed by atoms with Crippen molar-refractivity contribution in [3.63, 3.8) is 0 Å². The molecular weight excluding hydrogens is 395 g/mol. The summed E-state index contributed by atoms with van der Waals surface area (Å²) in [5, 5.41) is 2.39. The number of halogens is 3. The fourth-order valence-electron chi connectivity index (χ4n) is 3.93. The number of hydrogen-bond donors (Lipinski definition) is 1. The molecule has 0 saturated heterocycles. The third kappa shape index (κ3) is 3.22. The molecule has 0 aliphatic heterocycles. The maximum Gasteiger partial charge on any atom is 0.329 e. The topological polar surface area (TPSA) is 55.4 Å². The monoisotopic (exact) mass is 411 g/mol. The second-order valence-corrected chi connectivity index (χ2v) is 6.87. The van der Waals surface area contributed by atoms with E-state index in [0.29, 0.717) is 12.1 Å². The van der Waals surface area contributed by atoms with E-state index < -0.39 is 46.9 Å². The maximum atomic E-state index is 14.1. The van der Waals surface area contributed by atoms with Crippen LogP contribution in [-0.4, -0.2) is 25.0 Å². The molecule has 1 aliphatic rings. The Balaban J connectivity index is 1.78. The van der Waals surface area contributed by atoms with E-state index in [2.05, 4.69) is 5.32 Å². The lowest BCUT2D eigenvalue weighted by molar-refractivity contribution is -0.143. The van der Waals surface area contributed by atoms with E-state index in [1.54, 1.807) is 12.1 Å². The van der Waals surface area contributed by atoms with E-state index in [4.69, 9.17) is 4.74 Å². The number of methoxy groups -OCH3 is 1. The van der Waals surface area contributed by atoms with Crippen LogP contribution >= 0.6 is 0 Å². The molecule has 0 spiro atoms. The van der Waals surface area contributed by atoms with Crippen LogP contribution in [0.5, 0.6) is 0 Å². The molecule has 0 unspecified atom stereocenters. The Hall–Kier alpha value is -3.61. The van der Waals surface area contributed by atoms with Crippen LogP contribution in [0.15, 0.2) is 60.7 Å². The van der Waals surface area contributed by atoms with E-state index >= 15 is 0 Å². The molecule has 4 nitrogen and oxygen atoms in total. The van der Waals surface area contributed by atoms with Gasteiger partial charge in [0.1, 0.15) is 29.1 Å². The first-order valence-electron chi connectivity index (χ1n) is 9.14. The summed E-state index contributed by atoms with van der Waals surface area (Å²) < 4.78 is 46.3. The van der Waals surface area contributed by atoms with E-state index in [1.165, 1.54) is 0 Å². The number of ether oxygens (including phenoxy) is 1. The molecule has 1 N–H and O–H groups in total. The van der Waals surface area contributed by atoms with Gasteiger partial charge in [0.05, 0.1) is 7.11 Å². The number of carbonyl (C=O) groups excluding carboxylic acids is 2. The Bertz CT molecular complexity index is 1090. The maximum absolute atomic E-state index is 14.1. The van der Waals surface area contributed by atoms with Crippen molar-refractivity contribution < 1.29 is 27.5 Å². The fourth-order valence-corrected chi connectivity index (χ4v) is 3.93.